The van der Waals surface area contributed by atoms with Gasteiger partial charge in [-0.25, -0.2) is 0 Å². The number of ether oxygens (including phenoxy) is 1. The van der Waals surface area contributed by atoms with Crippen LogP contribution in [0.15, 0.2) is 24.3 Å². The molecule has 0 amide bonds. The van der Waals surface area contributed by atoms with Crippen LogP contribution in [0.1, 0.15) is 31.7 Å². The number of methoxy groups -OCH3 is 1. The van der Waals surface area contributed by atoms with E-state index >= 15 is 0 Å². The van der Waals surface area contributed by atoms with Gasteiger partial charge in [0.25, 0.3) is 0 Å². The van der Waals surface area contributed by atoms with Gasteiger partial charge in [0.2, 0.25) is 0 Å². The number of rotatable bonds is 6. The Labute approximate surface area is 103 Å². The zero-order valence-corrected chi connectivity index (χ0v) is 10.4. The van der Waals surface area contributed by atoms with Crippen LogP contribution < -0.4 is 4.74 Å². The minimum atomic E-state index is -0.599. The van der Waals surface area contributed by atoms with Gasteiger partial charge in [-0.1, -0.05) is 25.5 Å². The van der Waals surface area contributed by atoms with Crippen molar-refractivity contribution in [1.82, 2.24) is 0 Å². The second-order valence-corrected chi connectivity index (χ2v) is 4.15. The smallest absolute Gasteiger partial charge is 0.119 e. The van der Waals surface area contributed by atoms with Crippen molar-refractivity contribution < 1.29 is 9.84 Å². The highest BCUT2D eigenvalue weighted by molar-refractivity contribution is 5.38. The third-order valence-corrected chi connectivity index (χ3v) is 3.05. The van der Waals surface area contributed by atoms with E-state index in [0.29, 0.717) is 6.42 Å². The molecule has 17 heavy (non-hydrogen) atoms. The molecule has 0 unspecified atom stereocenters. The van der Waals surface area contributed by atoms with Crippen molar-refractivity contribution in [3.8, 4) is 11.8 Å². The number of aliphatic hydroxyl groups excluding tert-OH is 1. The van der Waals surface area contributed by atoms with Gasteiger partial charge in [0, 0.05) is 6.61 Å². The van der Waals surface area contributed by atoms with E-state index < -0.39 is 5.41 Å². The highest BCUT2D eigenvalue weighted by Crippen LogP contribution is 2.34. The van der Waals surface area contributed by atoms with Crippen LogP contribution in [0, 0.1) is 11.3 Å². The lowest BCUT2D eigenvalue weighted by atomic mass is 9.75. The lowest BCUT2D eigenvalue weighted by Gasteiger charge is -2.26. The normalized spacial score (nSPS) is 13.8. The molecule has 0 heterocycles. The van der Waals surface area contributed by atoms with Crippen LogP contribution in [0.3, 0.4) is 0 Å². The van der Waals surface area contributed by atoms with Crippen LogP contribution in [0.2, 0.25) is 0 Å². The van der Waals surface area contributed by atoms with Crippen molar-refractivity contribution in [3.63, 3.8) is 0 Å². The quantitative estimate of drug-likeness (QED) is 0.821. The van der Waals surface area contributed by atoms with Crippen LogP contribution >= 0.6 is 0 Å². The predicted octanol–water partition coefficient (Wildman–Crippen LogP) is 2.64. The van der Waals surface area contributed by atoms with Gasteiger partial charge in [0.05, 0.1) is 18.6 Å². The minimum absolute atomic E-state index is 0.0186. The van der Waals surface area contributed by atoms with Crippen molar-refractivity contribution in [2.75, 3.05) is 13.7 Å². The summed E-state index contributed by atoms with van der Waals surface area (Å²) in [6.45, 7) is 2.06. The van der Waals surface area contributed by atoms with Gasteiger partial charge in [0.1, 0.15) is 5.75 Å². The average Bonchev–Trinajstić information content (AvgIpc) is 2.38. The molecule has 3 nitrogen and oxygen atoms in total. The zero-order chi connectivity index (χ0) is 12.7. The molecular weight excluding hydrogens is 214 g/mol. The lowest BCUT2D eigenvalue weighted by Crippen LogP contribution is -2.25. The molecule has 0 saturated carbocycles. The standard InChI is InChI=1S/C14H19NO2/c1-3-7-14(11-15,8-9-16)12-5-4-6-13(10-12)17-2/h4-6,10,16H,3,7-9H2,1-2H3/t14-/m1/s1. The van der Waals surface area contributed by atoms with Gasteiger partial charge in [-0.05, 0) is 30.5 Å². The number of aliphatic hydroxyl groups is 1. The maximum atomic E-state index is 9.45. The summed E-state index contributed by atoms with van der Waals surface area (Å²) in [5.41, 5.74) is 0.327. The number of nitrogens with zero attached hydrogens (tertiary/aromatic N) is 1. The van der Waals surface area contributed by atoms with Crippen LogP contribution in [-0.2, 0) is 5.41 Å². The molecule has 1 aromatic rings. The fraction of sp³-hybridized carbons (Fsp3) is 0.500. The summed E-state index contributed by atoms with van der Waals surface area (Å²) >= 11 is 0. The Morgan fingerprint density at radius 2 is 2.18 bits per heavy atom. The van der Waals surface area contributed by atoms with E-state index in [9.17, 15) is 5.26 Å². The summed E-state index contributed by atoms with van der Waals surface area (Å²) in [6.07, 6.45) is 2.12. The highest BCUT2D eigenvalue weighted by Gasteiger charge is 2.31. The summed E-state index contributed by atoms with van der Waals surface area (Å²) in [5, 5.41) is 18.6. The van der Waals surface area contributed by atoms with Gasteiger partial charge in [-0.15, -0.1) is 0 Å². The van der Waals surface area contributed by atoms with Crippen molar-refractivity contribution in [2.24, 2.45) is 0 Å². The van der Waals surface area contributed by atoms with Crippen molar-refractivity contribution in [2.45, 2.75) is 31.6 Å². The molecule has 0 fully saturated rings. The summed E-state index contributed by atoms with van der Waals surface area (Å²) in [4.78, 5) is 0. The van der Waals surface area contributed by atoms with E-state index in [1.54, 1.807) is 7.11 Å². The Bertz CT molecular complexity index is 389. The molecule has 0 aliphatic rings. The van der Waals surface area contributed by atoms with Crippen molar-refractivity contribution in [1.29, 1.82) is 5.26 Å². The van der Waals surface area contributed by atoms with Gasteiger partial charge >= 0.3 is 0 Å². The van der Waals surface area contributed by atoms with E-state index in [4.69, 9.17) is 9.84 Å². The summed E-state index contributed by atoms with van der Waals surface area (Å²) in [6, 6.07) is 9.92. The van der Waals surface area contributed by atoms with Crippen LogP contribution in [-0.4, -0.2) is 18.8 Å². The number of benzene rings is 1. The molecule has 1 aromatic carbocycles. The first kappa shape index (κ1) is 13.5. The van der Waals surface area contributed by atoms with Gasteiger partial charge in [-0.3, -0.25) is 0 Å². The SMILES string of the molecule is CCC[C@](C#N)(CCO)c1cccc(OC)c1. The molecule has 1 N–H and O–H groups in total. The summed E-state index contributed by atoms with van der Waals surface area (Å²) < 4.78 is 5.18. The third kappa shape index (κ3) is 2.98. The Hall–Kier alpha value is -1.53. The second kappa shape index (κ2) is 6.27. The Balaban J connectivity index is 3.15. The molecule has 1 rings (SSSR count). The van der Waals surface area contributed by atoms with Crippen molar-refractivity contribution >= 4 is 0 Å². The molecule has 0 saturated heterocycles. The van der Waals surface area contributed by atoms with E-state index in [1.807, 2.05) is 31.2 Å². The number of hydrogen-bond donors (Lipinski definition) is 1. The first-order valence-corrected chi connectivity index (χ1v) is 5.89. The van der Waals surface area contributed by atoms with Gasteiger partial charge in [0.15, 0.2) is 0 Å². The van der Waals surface area contributed by atoms with Crippen LogP contribution in [0.25, 0.3) is 0 Å². The Kier molecular flexibility index (Phi) is 4.99. The molecule has 0 bridgehead atoms. The minimum Gasteiger partial charge on any atom is -0.497 e. The summed E-state index contributed by atoms with van der Waals surface area (Å²) in [5.74, 6) is 0.746. The molecule has 3 heteroatoms. The number of nitriles is 1. The monoisotopic (exact) mass is 233 g/mol. The third-order valence-electron chi connectivity index (χ3n) is 3.05. The average molecular weight is 233 g/mol. The first-order valence-electron chi connectivity index (χ1n) is 5.89. The van der Waals surface area contributed by atoms with E-state index in [1.165, 1.54) is 0 Å². The molecule has 1 atom stereocenters. The van der Waals surface area contributed by atoms with E-state index in [0.717, 1.165) is 24.2 Å². The molecule has 0 aliphatic heterocycles. The highest BCUT2D eigenvalue weighted by atomic mass is 16.5. The van der Waals surface area contributed by atoms with E-state index in [2.05, 4.69) is 6.07 Å². The van der Waals surface area contributed by atoms with E-state index in [-0.39, 0.29) is 6.61 Å². The molecule has 92 valence electrons. The Morgan fingerprint density at radius 1 is 1.41 bits per heavy atom. The second-order valence-electron chi connectivity index (χ2n) is 4.15. The topological polar surface area (TPSA) is 53.2 Å². The van der Waals surface area contributed by atoms with Crippen LogP contribution in [0.4, 0.5) is 0 Å². The largest absolute Gasteiger partial charge is 0.497 e. The molecule has 0 spiro atoms. The Morgan fingerprint density at radius 3 is 2.71 bits per heavy atom. The fourth-order valence-corrected chi connectivity index (χ4v) is 2.13. The van der Waals surface area contributed by atoms with Crippen molar-refractivity contribution in [3.05, 3.63) is 29.8 Å². The van der Waals surface area contributed by atoms with Gasteiger partial charge < -0.3 is 9.84 Å². The first-order chi connectivity index (χ1) is 8.22. The zero-order valence-electron chi connectivity index (χ0n) is 10.4. The van der Waals surface area contributed by atoms with Gasteiger partial charge in [-0.2, -0.15) is 5.26 Å². The number of hydrogen-bond acceptors (Lipinski definition) is 3. The molecule has 0 aromatic heterocycles. The lowest BCUT2D eigenvalue weighted by molar-refractivity contribution is 0.252. The summed E-state index contributed by atoms with van der Waals surface area (Å²) in [7, 11) is 1.61. The maximum Gasteiger partial charge on any atom is 0.119 e. The maximum absolute atomic E-state index is 9.45. The van der Waals surface area contributed by atoms with Crippen LogP contribution in [0.5, 0.6) is 5.75 Å². The molecule has 0 radical (unpaired) electrons. The molecular formula is C14H19NO2. The predicted molar refractivity (Wildman–Crippen MR) is 66.9 cm³/mol. The molecule has 0 aliphatic carbocycles. The fourth-order valence-electron chi connectivity index (χ4n) is 2.13.